The summed E-state index contributed by atoms with van der Waals surface area (Å²) in [5.74, 6) is -0.102. The van der Waals surface area contributed by atoms with Crippen LogP contribution in [-0.4, -0.2) is 16.0 Å². The SMILES string of the molecule is CC(=O)/C(=C/c1ccccc1[N+](=O)[O-])CBr. The molecule has 0 aliphatic rings. The molecule has 5 heteroatoms. The second kappa shape index (κ2) is 5.55. The Hall–Kier alpha value is -1.49. The van der Waals surface area contributed by atoms with E-state index in [0.29, 0.717) is 16.5 Å². The Morgan fingerprint density at radius 2 is 2.12 bits per heavy atom. The summed E-state index contributed by atoms with van der Waals surface area (Å²) in [6, 6.07) is 6.32. The van der Waals surface area contributed by atoms with Crippen molar-refractivity contribution in [1.82, 2.24) is 0 Å². The summed E-state index contributed by atoms with van der Waals surface area (Å²) in [5, 5.41) is 11.1. The molecule has 0 radical (unpaired) electrons. The summed E-state index contributed by atoms with van der Waals surface area (Å²) in [5.41, 5.74) is 0.952. The Morgan fingerprint density at radius 3 is 2.62 bits per heavy atom. The summed E-state index contributed by atoms with van der Waals surface area (Å²) in [6.07, 6.45) is 1.54. The van der Waals surface area contributed by atoms with Crippen molar-refractivity contribution in [3.05, 3.63) is 45.5 Å². The first-order chi connectivity index (χ1) is 7.56. The van der Waals surface area contributed by atoms with Gasteiger partial charge in [-0.15, -0.1) is 0 Å². The number of Topliss-reactive ketones (excluding diaryl/α,β-unsaturated/α-hetero) is 1. The number of para-hydroxylation sites is 1. The fourth-order valence-corrected chi connectivity index (χ4v) is 1.75. The molecule has 0 bridgehead atoms. The lowest BCUT2D eigenvalue weighted by Crippen LogP contribution is -1.98. The lowest BCUT2D eigenvalue weighted by atomic mass is 10.1. The number of hydrogen-bond donors (Lipinski definition) is 0. The number of carbonyl (C=O) groups excluding carboxylic acids is 1. The second-order valence-corrected chi connectivity index (χ2v) is 3.74. The zero-order valence-electron chi connectivity index (χ0n) is 8.64. The molecule has 0 heterocycles. The van der Waals surface area contributed by atoms with Crippen LogP contribution in [0.1, 0.15) is 12.5 Å². The lowest BCUT2D eigenvalue weighted by molar-refractivity contribution is -0.385. The Labute approximate surface area is 101 Å². The van der Waals surface area contributed by atoms with Crippen LogP contribution in [0.5, 0.6) is 0 Å². The van der Waals surface area contributed by atoms with E-state index in [1.54, 1.807) is 18.2 Å². The maximum atomic E-state index is 11.2. The Kier molecular flexibility index (Phi) is 4.37. The minimum absolute atomic E-state index is 0.00204. The number of rotatable bonds is 4. The van der Waals surface area contributed by atoms with Crippen molar-refractivity contribution in [2.45, 2.75) is 6.92 Å². The van der Waals surface area contributed by atoms with Gasteiger partial charge in [-0.1, -0.05) is 28.1 Å². The molecule has 84 valence electrons. The Balaban J connectivity index is 3.23. The Bertz CT molecular complexity index is 454. The van der Waals surface area contributed by atoms with E-state index in [4.69, 9.17) is 0 Å². The van der Waals surface area contributed by atoms with E-state index >= 15 is 0 Å². The molecule has 0 saturated heterocycles. The molecular weight excluding hydrogens is 274 g/mol. The van der Waals surface area contributed by atoms with E-state index in [2.05, 4.69) is 15.9 Å². The summed E-state index contributed by atoms with van der Waals surface area (Å²) in [4.78, 5) is 21.5. The summed E-state index contributed by atoms with van der Waals surface area (Å²) in [7, 11) is 0. The van der Waals surface area contributed by atoms with Gasteiger partial charge in [-0.2, -0.15) is 0 Å². The van der Waals surface area contributed by atoms with E-state index in [1.165, 1.54) is 19.1 Å². The molecule has 0 atom stereocenters. The summed E-state index contributed by atoms with van der Waals surface area (Å²) < 4.78 is 0. The van der Waals surface area contributed by atoms with Gasteiger partial charge in [0, 0.05) is 17.0 Å². The van der Waals surface area contributed by atoms with Crippen molar-refractivity contribution >= 4 is 33.5 Å². The number of ketones is 1. The maximum absolute atomic E-state index is 11.2. The molecule has 16 heavy (non-hydrogen) atoms. The van der Waals surface area contributed by atoms with Gasteiger partial charge in [0.1, 0.15) is 0 Å². The fourth-order valence-electron chi connectivity index (χ4n) is 1.20. The smallest absolute Gasteiger partial charge is 0.276 e. The zero-order valence-corrected chi connectivity index (χ0v) is 10.2. The number of allylic oxidation sites excluding steroid dienone is 1. The molecule has 0 saturated carbocycles. The first kappa shape index (κ1) is 12.6. The highest BCUT2D eigenvalue weighted by Crippen LogP contribution is 2.21. The van der Waals surface area contributed by atoms with Gasteiger partial charge in [-0.25, -0.2) is 0 Å². The minimum Gasteiger partial charge on any atom is -0.295 e. The molecule has 0 fully saturated rings. The summed E-state index contributed by atoms with van der Waals surface area (Å²) in [6.45, 7) is 1.43. The number of halogens is 1. The molecule has 4 nitrogen and oxygen atoms in total. The van der Waals surface area contributed by atoms with Crippen molar-refractivity contribution in [2.24, 2.45) is 0 Å². The van der Waals surface area contributed by atoms with Crippen LogP contribution in [0.25, 0.3) is 6.08 Å². The van der Waals surface area contributed by atoms with Crippen LogP contribution < -0.4 is 0 Å². The average molecular weight is 284 g/mol. The monoisotopic (exact) mass is 283 g/mol. The largest absolute Gasteiger partial charge is 0.295 e. The molecule has 0 aliphatic heterocycles. The third kappa shape index (κ3) is 3.00. The van der Waals surface area contributed by atoms with Crippen LogP contribution in [0, 0.1) is 10.1 Å². The minimum atomic E-state index is -0.460. The van der Waals surface area contributed by atoms with Crippen molar-refractivity contribution in [1.29, 1.82) is 0 Å². The highest BCUT2D eigenvalue weighted by molar-refractivity contribution is 9.09. The van der Waals surface area contributed by atoms with Crippen molar-refractivity contribution in [3.63, 3.8) is 0 Å². The molecule has 0 unspecified atom stereocenters. The number of hydrogen-bond acceptors (Lipinski definition) is 3. The number of nitrogens with zero attached hydrogens (tertiary/aromatic N) is 1. The van der Waals surface area contributed by atoms with E-state index in [0.717, 1.165) is 0 Å². The number of nitro benzene ring substituents is 1. The van der Waals surface area contributed by atoms with Crippen LogP contribution in [0.4, 0.5) is 5.69 Å². The molecular formula is C11H10BrNO3. The van der Waals surface area contributed by atoms with Gasteiger partial charge < -0.3 is 0 Å². The number of carbonyl (C=O) groups is 1. The first-order valence-corrected chi connectivity index (χ1v) is 5.69. The van der Waals surface area contributed by atoms with Crippen LogP contribution in [0.3, 0.4) is 0 Å². The molecule has 1 aromatic carbocycles. The Morgan fingerprint density at radius 1 is 1.50 bits per heavy atom. The van der Waals surface area contributed by atoms with E-state index in [1.807, 2.05) is 0 Å². The number of nitro groups is 1. The highest BCUT2D eigenvalue weighted by atomic mass is 79.9. The third-order valence-electron chi connectivity index (χ3n) is 2.06. The quantitative estimate of drug-likeness (QED) is 0.369. The number of alkyl halides is 1. The topological polar surface area (TPSA) is 60.2 Å². The van der Waals surface area contributed by atoms with Gasteiger partial charge >= 0.3 is 0 Å². The van der Waals surface area contributed by atoms with Crippen LogP contribution >= 0.6 is 15.9 Å². The fraction of sp³-hybridized carbons (Fsp3) is 0.182. The van der Waals surface area contributed by atoms with E-state index in [9.17, 15) is 14.9 Å². The molecule has 1 rings (SSSR count). The second-order valence-electron chi connectivity index (χ2n) is 3.18. The molecule has 0 N–H and O–H groups in total. The first-order valence-electron chi connectivity index (χ1n) is 4.57. The molecule has 0 aromatic heterocycles. The molecule has 0 spiro atoms. The number of benzene rings is 1. The van der Waals surface area contributed by atoms with Gasteiger partial charge in [0.05, 0.1) is 10.5 Å². The predicted octanol–water partition coefficient (Wildman–Crippen LogP) is 2.96. The van der Waals surface area contributed by atoms with Crippen LogP contribution in [-0.2, 0) is 4.79 Å². The van der Waals surface area contributed by atoms with Crippen molar-refractivity contribution in [3.8, 4) is 0 Å². The zero-order chi connectivity index (χ0) is 12.1. The van der Waals surface area contributed by atoms with E-state index in [-0.39, 0.29) is 11.5 Å². The highest BCUT2D eigenvalue weighted by Gasteiger charge is 2.11. The normalized spacial score (nSPS) is 11.2. The van der Waals surface area contributed by atoms with Gasteiger partial charge in [0.25, 0.3) is 5.69 Å². The summed E-state index contributed by atoms with van der Waals surface area (Å²) >= 11 is 3.18. The van der Waals surface area contributed by atoms with Gasteiger partial charge in [0.15, 0.2) is 5.78 Å². The standard InChI is InChI=1S/C11H10BrNO3/c1-8(14)10(7-12)6-9-4-2-3-5-11(9)13(15)16/h2-6H,7H2,1H3/b10-6+. The van der Waals surface area contributed by atoms with Gasteiger partial charge in [0.2, 0.25) is 0 Å². The third-order valence-corrected chi connectivity index (χ3v) is 2.66. The molecule has 0 aliphatic carbocycles. The van der Waals surface area contributed by atoms with Crippen LogP contribution in [0.15, 0.2) is 29.8 Å². The van der Waals surface area contributed by atoms with Crippen LogP contribution in [0.2, 0.25) is 0 Å². The van der Waals surface area contributed by atoms with E-state index < -0.39 is 4.92 Å². The van der Waals surface area contributed by atoms with Crippen molar-refractivity contribution < 1.29 is 9.72 Å². The molecule has 1 aromatic rings. The maximum Gasteiger partial charge on any atom is 0.276 e. The average Bonchev–Trinajstić information content (AvgIpc) is 2.25. The van der Waals surface area contributed by atoms with Gasteiger partial charge in [-0.3, -0.25) is 14.9 Å². The van der Waals surface area contributed by atoms with Crippen molar-refractivity contribution in [2.75, 3.05) is 5.33 Å². The molecule has 0 amide bonds. The van der Waals surface area contributed by atoms with Gasteiger partial charge in [-0.05, 0) is 19.1 Å². The predicted molar refractivity (Wildman–Crippen MR) is 65.5 cm³/mol. The lowest BCUT2D eigenvalue weighted by Gasteiger charge is -2.00.